The third-order valence-corrected chi connectivity index (χ3v) is 6.47. The second-order valence-electron chi connectivity index (χ2n) is 7.27. The summed E-state index contributed by atoms with van der Waals surface area (Å²) in [5.41, 5.74) is 3.20. The molecule has 2 aromatic carbocycles. The van der Waals surface area contributed by atoms with Crippen LogP contribution in [0.2, 0.25) is 5.02 Å². The maximum atomic E-state index is 14.2. The summed E-state index contributed by atoms with van der Waals surface area (Å²) in [6.07, 6.45) is 5.28. The summed E-state index contributed by atoms with van der Waals surface area (Å²) in [4.78, 5) is 19.7. The number of nitrogens with zero attached hydrogens (tertiary/aromatic N) is 3. The Balaban J connectivity index is 1.70. The fourth-order valence-corrected chi connectivity index (χ4v) is 4.93. The molecule has 0 aliphatic carbocycles. The van der Waals surface area contributed by atoms with E-state index in [2.05, 4.69) is 20.9 Å². The first-order chi connectivity index (χ1) is 15.0. The van der Waals surface area contributed by atoms with Crippen molar-refractivity contribution in [3.05, 3.63) is 98.6 Å². The number of halogens is 3. The summed E-state index contributed by atoms with van der Waals surface area (Å²) in [6, 6.07) is 11.1. The molecule has 31 heavy (non-hydrogen) atoms. The van der Waals surface area contributed by atoms with E-state index < -0.39 is 11.9 Å². The summed E-state index contributed by atoms with van der Waals surface area (Å²) in [5.74, 6) is 0.128. The molecule has 4 aromatic rings. The second-order valence-corrected chi connectivity index (χ2v) is 8.53. The van der Waals surface area contributed by atoms with Crippen molar-refractivity contribution < 1.29 is 13.9 Å². The van der Waals surface area contributed by atoms with Gasteiger partial charge in [-0.3, -0.25) is 4.79 Å². The van der Waals surface area contributed by atoms with Gasteiger partial charge < -0.3 is 14.0 Å². The van der Waals surface area contributed by atoms with Crippen LogP contribution in [0, 0.1) is 5.82 Å². The van der Waals surface area contributed by atoms with E-state index in [9.17, 15) is 9.18 Å². The molecule has 1 aliphatic heterocycles. The summed E-state index contributed by atoms with van der Waals surface area (Å²) >= 11 is 10.1. The van der Waals surface area contributed by atoms with Gasteiger partial charge in [-0.2, -0.15) is 0 Å². The lowest BCUT2D eigenvalue weighted by Gasteiger charge is -2.27. The molecule has 5 nitrogen and oxygen atoms in total. The van der Waals surface area contributed by atoms with Crippen LogP contribution in [0.4, 0.5) is 4.39 Å². The molecule has 0 bridgehead atoms. The topological polar surface area (TPSA) is 46.8 Å². The molecule has 0 saturated heterocycles. The quantitative estimate of drug-likeness (QED) is 0.364. The van der Waals surface area contributed by atoms with Crippen molar-refractivity contribution in [2.24, 2.45) is 0 Å². The zero-order valence-corrected chi connectivity index (χ0v) is 18.7. The van der Waals surface area contributed by atoms with Gasteiger partial charge in [0.15, 0.2) is 0 Å². The van der Waals surface area contributed by atoms with Crippen LogP contribution in [0.15, 0.2) is 65.5 Å². The van der Waals surface area contributed by atoms with Crippen LogP contribution in [-0.4, -0.2) is 27.3 Å². The maximum absolute atomic E-state index is 14.2. The van der Waals surface area contributed by atoms with E-state index in [4.69, 9.17) is 16.3 Å². The Morgan fingerprint density at radius 3 is 2.74 bits per heavy atom. The van der Waals surface area contributed by atoms with Crippen LogP contribution in [0.3, 0.4) is 0 Å². The monoisotopic (exact) mass is 499 g/mol. The van der Waals surface area contributed by atoms with Crippen molar-refractivity contribution in [1.29, 1.82) is 0 Å². The van der Waals surface area contributed by atoms with Gasteiger partial charge >= 0.3 is 0 Å². The van der Waals surface area contributed by atoms with Gasteiger partial charge in [0.1, 0.15) is 17.2 Å². The Bertz CT molecular complexity index is 1320. The molecule has 0 saturated carbocycles. The smallest absolute Gasteiger partial charge is 0.259 e. The third-order valence-electron chi connectivity index (χ3n) is 5.50. The molecule has 156 valence electrons. The van der Waals surface area contributed by atoms with Crippen molar-refractivity contribution in [3.63, 3.8) is 0 Å². The molecule has 3 heterocycles. The number of ether oxygens (including phenoxy) is 1. The average Bonchev–Trinajstić information content (AvgIpc) is 3.33. The zero-order chi connectivity index (χ0) is 21.7. The van der Waals surface area contributed by atoms with Crippen LogP contribution >= 0.6 is 27.5 Å². The lowest BCUT2D eigenvalue weighted by atomic mass is 9.98. The average molecular weight is 501 g/mol. The first kappa shape index (κ1) is 20.0. The Labute approximate surface area is 191 Å². The van der Waals surface area contributed by atoms with Gasteiger partial charge in [-0.25, -0.2) is 9.37 Å². The number of fused-ring (bicyclic) bond motifs is 3. The Morgan fingerprint density at radius 1 is 1.23 bits per heavy atom. The normalized spacial score (nSPS) is 15.5. The molecular formula is C23H16BrClFN3O2. The number of carbonyl (C=O) groups is 1. The first-order valence-electron chi connectivity index (χ1n) is 9.52. The van der Waals surface area contributed by atoms with Crippen molar-refractivity contribution in [2.75, 3.05) is 7.11 Å². The van der Waals surface area contributed by atoms with E-state index in [1.807, 2.05) is 30.5 Å². The van der Waals surface area contributed by atoms with Gasteiger partial charge in [-0.1, -0.05) is 23.7 Å². The van der Waals surface area contributed by atoms with Crippen molar-refractivity contribution in [1.82, 2.24) is 14.3 Å². The van der Waals surface area contributed by atoms with Gasteiger partial charge in [0.05, 0.1) is 18.7 Å². The largest absolute Gasteiger partial charge is 0.497 e. The van der Waals surface area contributed by atoms with E-state index in [0.717, 1.165) is 21.3 Å². The van der Waals surface area contributed by atoms with Gasteiger partial charge in [-0.15, -0.1) is 0 Å². The van der Waals surface area contributed by atoms with Crippen LogP contribution in [0.5, 0.6) is 5.75 Å². The molecule has 0 radical (unpaired) electrons. The molecule has 0 N–H and O–H groups in total. The number of rotatable bonds is 4. The lowest BCUT2D eigenvalue weighted by Crippen LogP contribution is -2.28. The molecule has 1 aliphatic rings. The summed E-state index contributed by atoms with van der Waals surface area (Å²) in [5, 5.41) is 0.391. The Hall–Kier alpha value is -2.90. The fourth-order valence-electron chi connectivity index (χ4n) is 4.08. The highest BCUT2D eigenvalue weighted by Crippen LogP contribution is 2.46. The van der Waals surface area contributed by atoms with Crippen molar-refractivity contribution in [2.45, 2.75) is 12.6 Å². The number of imidazole rings is 1. The minimum Gasteiger partial charge on any atom is -0.497 e. The minimum absolute atomic E-state index is 0.186. The van der Waals surface area contributed by atoms with Gasteiger partial charge in [0.25, 0.3) is 5.91 Å². The Morgan fingerprint density at radius 2 is 2.00 bits per heavy atom. The van der Waals surface area contributed by atoms with E-state index in [-0.39, 0.29) is 5.91 Å². The molecule has 1 amide bonds. The molecule has 0 fully saturated rings. The molecule has 2 aromatic heterocycles. The molecule has 8 heteroatoms. The fraction of sp³-hybridized carbons (Fsp3) is 0.130. The zero-order valence-electron chi connectivity index (χ0n) is 16.3. The van der Waals surface area contributed by atoms with Crippen LogP contribution in [-0.2, 0) is 6.54 Å². The number of methoxy groups -OCH3 is 1. The highest BCUT2D eigenvalue weighted by molar-refractivity contribution is 9.10. The lowest BCUT2D eigenvalue weighted by molar-refractivity contribution is 0.0736. The molecule has 1 unspecified atom stereocenters. The second kappa shape index (κ2) is 7.66. The minimum atomic E-state index is -0.566. The number of pyridine rings is 1. The van der Waals surface area contributed by atoms with Crippen molar-refractivity contribution in [3.8, 4) is 5.75 Å². The summed E-state index contributed by atoms with van der Waals surface area (Å²) in [6.45, 7) is 0.314. The number of benzene rings is 2. The van der Waals surface area contributed by atoms with Gasteiger partial charge in [-0.05, 0) is 51.8 Å². The number of aromatic nitrogens is 2. The first-order valence-corrected chi connectivity index (χ1v) is 10.7. The van der Waals surface area contributed by atoms with Gasteiger partial charge in [0, 0.05) is 45.8 Å². The molecular weight excluding hydrogens is 485 g/mol. The predicted octanol–water partition coefficient (Wildman–Crippen LogP) is 5.64. The number of amides is 1. The standard InChI is InChI=1S/C23H16BrClFN3O2/c1-31-15-5-2-13(3-6-15)11-29-21(16-10-14(26)4-7-18(16)25)19-17(24)12-28-9-8-27-22(28)20(19)23(29)30/h2-10,12,21H,11H2,1H3. The highest BCUT2D eigenvalue weighted by Gasteiger charge is 2.42. The molecule has 0 spiro atoms. The Kier molecular flexibility index (Phi) is 4.95. The van der Waals surface area contributed by atoms with Crippen LogP contribution in [0.1, 0.15) is 33.1 Å². The van der Waals surface area contributed by atoms with E-state index >= 15 is 0 Å². The van der Waals surface area contributed by atoms with Crippen LogP contribution < -0.4 is 4.74 Å². The van der Waals surface area contributed by atoms with Gasteiger partial charge in [0.2, 0.25) is 0 Å². The van der Waals surface area contributed by atoms with E-state index in [1.165, 1.54) is 18.2 Å². The SMILES string of the molecule is COc1ccc(CN2C(=O)c3c(c(Br)cn4ccnc34)C2c2cc(F)ccc2Cl)cc1. The van der Waals surface area contributed by atoms with E-state index in [0.29, 0.717) is 28.3 Å². The number of hydrogen-bond acceptors (Lipinski definition) is 3. The summed E-state index contributed by atoms with van der Waals surface area (Å²) in [7, 11) is 1.60. The van der Waals surface area contributed by atoms with Crippen LogP contribution in [0.25, 0.3) is 5.65 Å². The third kappa shape index (κ3) is 3.28. The van der Waals surface area contributed by atoms with Crippen molar-refractivity contribution >= 4 is 39.1 Å². The molecule has 5 rings (SSSR count). The predicted molar refractivity (Wildman–Crippen MR) is 119 cm³/mol. The maximum Gasteiger partial charge on any atom is 0.259 e. The number of hydrogen-bond donors (Lipinski definition) is 0. The highest BCUT2D eigenvalue weighted by atomic mass is 79.9. The van der Waals surface area contributed by atoms with E-state index in [1.54, 1.807) is 28.8 Å². The molecule has 1 atom stereocenters. The summed E-state index contributed by atoms with van der Waals surface area (Å²) < 4.78 is 22.0. The number of carbonyl (C=O) groups excluding carboxylic acids is 1.